The third kappa shape index (κ3) is 3.44. The number of benzene rings is 1. The summed E-state index contributed by atoms with van der Waals surface area (Å²) in [5, 5.41) is 3.35. The van der Waals surface area contributed by atoms with E-state index in [0.29, 0.717) is 15.9 Å². The Hall–Kier alpha value is -1.60. The maximum Gasteiger partial charge on any atom is 0.223 e. The summed E-state index contributed by atoms with van der Waals surface area (Å²) in [6.45, 7) is 0. The maximum atomic E-state index is 13.4. The Balaban J connectivity index is 1.36. The maximum absolute atomic E-state index is 13.4. The molecule has 3 fully saturated rings. The van der Waals surface area contributed by atoms with Crippen molar-refractivity contribution in [1.82, 2.24) is 14.9 Å². The highest BCUT2D eigenvalue weighted by molar-refractivity contribution is 8.21. The molecule has 2 aliphatic carbocycles. The van der Waals surface area contributed by atoms with Gasteiger partial charge in [0.2, 0.25) is 5.91 Å². The Kier molecular flexibility index (Phi) is 5.52. The van der Waals surface area contributed by atoms with Crippen LogP contribution in [0.5, 0.6) is 5.75 Å². The summed E-state index contributed by atoms with van der Waals surface area (Å²) in [6, 6.07) is 7.66. The number of methoxy groups -OCH3 is 1. The van der Waals surface area contributed by atoms with Gasteiger partial charge in [0.15, 0.2) is 0 Å². The van der Waals surface area contributed by atoms with Gasteiger partial charge in [-0.25, -0.2) is 4.98 Å². The molecule has 0 radical (unpaired) electrons. The van der Waals surface area contributed by atoms with Gasteiger partial charge >= 0.3 is 0 Å². The lowest BCUT2D eigenvalue weighted by atomic mass is 9.79. The fourth-order valence-electron chi connectivity index (χ4n) is 5.62. The van der Waals surface area contributed by atoms with Crippen molar-refractivity contribution < 1.29 is 9.53 Å². The second kappa shape index (κ2) is 8.15. The van der Waals surface area contributed by atoms with Crippen LogP contribution in [-0.4, -0.2) is 38.2 Å². The molecule has 1 saturated heterocycles. The lowest BCUT2D eigenvalue weighted by Crippen LogP contribution is -2.44. The summed E-state index contributed by atoms with van der Waals surface area (Å²) in [5.41, 5.74) is 1.02. The first-order valence-electron chi connectivity index (χ1n) is 10.8. The molecule has 30 heavy (non-hydrogen) atoms. The van der Waals surface area contributed by atoms with Crippen molar-refractivity contribution in [3.63, 3.8) is 0 Å². The van der Waals surface area contributed by atoms with Crippen LogP contribution >= 0.6 is 23.5 Å². The number of aryl methyl sites for hydroxylation is 1. The number of ether oxygens (including phenoxy) is 1. The molecule has 3 atom stereocenters. The highest BCUT2D eigenvalue weighted by Crippen LogP contribution is 2.65. The Labute approximate surface area is 186 Å². The molecule has 1 aromatic heterocycles. The average molecular weight is 444 g/mol. The van der Waals surface area contributed by atoms with Gasteiger partial charge in [0.1, 0.15) is 17.6 Å². The van der Waals surface area contributed by atoms with E-state index in [1.165, 1.54) is 24.3 Å². The molecule has 7 heteroatoms. The Morgan fingerprint density at radius 3 is 2.43 bits per heavy atom. The van der Waals surface area contributed by atoms with E-state index in [4.69, 9.17) is 4.74 Å². The van der Waals surface area contributed by atoms with Gasteiger partial charge in [-0.3, -0.25) is 4.79 Å². The number of hydrogen-bond acceptors (Lipinski definition) is 5. The SMILES string of the molecule is COc1ccc(C(NC(=O)C2CC3CCC(C2)C32SCCS2)c2nccn2C)cc1. The monoisotopic (exact) mass is 443 g/mol. The van der Waals surface area contributed by atoms with Crippen LogP contribution in [0, 0.1) is 17.8 Å². The highest BCUT2D eigenvalue weighted by atomic mass is 32.2. The number of aromatic nitrogens is 2. The minimum absolute atomic E-state index is 0.107. The zero-order valence-corrected chi connectivity index (χ0v) is 19.2. The summed E-state index contributed by atoms with van der Waals surface area (Å²) in [6.07, 6.45) is 8.34. The van der Waals surface area contributed by atoms with Gasteiger partial charge in [0.25, 0.3) is 0 Å². The van der Waals surface area contributed by atoms with Crippen molar-refractivity contribution in [2.45, 2.75) is 35.8 Å². The molecular weight excluding hydrogens is 414 g/mol. The number of imidazole rings is 1. The molecule has 1 amide bonds. The van der Waals surface area contributed by atoms with Gasteiger partial charge in [-0.05, 0) is 55.2 Å². The number of nitrogens with zero attached hydrogens (tertiary/aromatic N) is 2. The fraction of sp³-hybridized carbons (Fsp3) is 0.565. The molecule has 2 bridgehead atoms. The predicted molar refractivity (Wildman–Crippen MR) is 123 cm³/mol. The summed E-state index contributed by atoms with van der Waals surface area (Å²) >= 11 is 4.36. The van der Waals surface area contributed by atoms with E-state index in [1.807, 2.05) is 42.1 Å². The molecule has 1 aromatic carbocycles. The molecule has 5 nitrogen and oxygen atoms in total. The molecular formula is C23H29N3O2S2. The summed E-state index contributed by atoms with van der Waals surface area (Å²) in [7, 11) is 3.64. The number of carbonyl (C=O) groups excluding carboxylic acids is 1. The average Bonchev–Trinajstić information content (AvgIpc) is 3.45. The number of carbonyl (C=O) groups is 1. The molecule has 1 aliphatic heterocycles. The number of amides is 1. The topological polar surface area (TPSA) is 56.1 Å². The molecule has 1 spiro atoms. The number of thioether (sulfide) groups is 2. The zero-order chi connectivity index (χ0) is 20.7. The first-order valence-corrected chi connectivity index (χ1v) is 12.8. The van der Waals surface area contributed by atoms with Crippen LogP contribution in [0.3, 0.4) is 0 Å². The van der Waals surface area contributed by atoms with Crippen LogP contribution in [-0.2, 0) is 11.8 Å². The number of nitrogens with one attached hydrogen (secondary N) is 1. The van der Waals surface area contributed by atoms with Crippen LogP contribution in [0.15, 0.2) is 36.7 Å². The van der Waals surface area contributed by atoms with Crippen LogP contribution in [0.1, 0.15) is 43.1 Å². The second-order valence-electron chi connectivity index (χ2n) is 8.67. The van der Waals surface area contributed by atoms with E-state index in [1.54, 1.807) is 13.3 Å². The van der Waals surface area contributed by atoms with E-state index >= 15 is 0 Å². The van der Waals surface area contributed by atoms with E-state index in [9.17, 15) is 4.79 Å². The van der Waals surface area contributed by atoms with Crippen molar-refractivity contribution in [2.24, 2.45) is 24.8 Å². The summed E-state index contributed by atoms with van der Waals surface area (Å²) in [4.78, 5) is 18.0. The molecule has 2 heterocycles. The first kappa shape index (κ1) is 20.3. The van der Waals surface area contributed by atoms with Crippen LogP contribution < -0.4 is 10.1 Å². The first-order chi connectivity index (χ1) is 14.6. The van der Waals surface area contributed by atoms with Gasteiger partial charge in [-0.2, -0.15) is 0 Å². The molecule has 1 N–H and O–H groups in total. The summed E-state index contributed by atoms with van der Waals surface area (Å²) in [5.74, 6) is 5.85. The van der Waals surface area contributed by atoms with Crippen molar-refractivity contribution in [3.8, 4) is 5.75 Å². The molecule has 160 valence electrons. The smallest absolute Gasteiger partial charge is 0.223 e. The fourth-order valence-corrected chi connectivity index (χ4v) is 9.56. The number of hydrogen-bond donors (Lipinski definition) is 1. The quantitative estimate of drug-likeness (QED) is 0.749. The Morgan fingerprint density at radius 2 is 1.87 bits per heavy atom. The molecule has 2 saturated carbocycles. The molecule has 3 aliphatic rings. The van der Waals surface area contributed by atoms with E-state index in [2.05, 4.69) is 33.8 Å². The number of rotatable bonds is 5. The Morgan fingerprint density at radius 1 is 1.20 bits per heavy atom. The summed E-state index contributed by atoms with van der Waals surface area (Å²) < 4.78 is 7.70. The van der Waals surface area contributed by atoms with Crippen molar-refractivity contribution in [1.29, 1.82) is 0 Å². The third-order valence-electron chi connectivity index (χ3n) is 7.10. The van der Waals surface area contributed by atoms with E-state index in [0.717, 1.165) is 30.0 Å². The molecule has 5 rings (SSSR count). The van der Waals surface area contributed by atoms with Crippen molar-refractivity contribution in [2.75, 3.05) is 18.6 Å². The lowest BCUT2D eigenvalue weighted by molar-refractivity contribution is -0.127. The van der Waals surface area contributed by atoms with Crippen molar-refractivity contribution in [3.05, 3.63) is 48.0 Å². The van der Waals surface area contributed by atoms with Crippen LogP contribution in [0.2, 0.25) is 0 Å². The molecule has 3 unspecified atom stereocenters. The minimum atomic E-state index is -0.257. The largest absolute Gasteiger partial charge is 0.497 e. The van der Waals surface area contributed by atoms with Crippen molar-refractivity contribution >= 4 is 29.4 Å². The molecule has 2 aromatic rings. The lowest BCUT2D eigenvalue weighted by Gasteiger charge is -2.42. The normalized spacial score (nSPS) is 27.9. The predicted octanol–water partition coefficient (Wildman–Crippen LogP) is 4.25. The van der Waals surface area contributed by atoms with Crippen LogP contribution in [0.4, 0.5) is 0 Å². The van der Waals surface area contributed by atoms with Gasteiger partial charge in [0, 0.05) is 36.9 Å². The highest BCUT2D eigenvalue weighted by Gasteiger charge is 2.57. The van der Waals surface area contributed by atoms with Gasteiger partial charge in [-0.1, -0.05) is 12.1 Å². The zero-order valence-electron chi connectivity index (χ0n) is 17.5. The van der Waals surface area contributed by atoms with Gasteiger partial charge in [0.05, 0.1) is 11.2 Å². The van der Waals surface area contributed by atoms with Gasteiger partial charge in [-0.15, -0.1) is 23.5 Å². The third-order valence-corrected chi connectivity index (χ3v) is 11.1. The Bertz CT molecular complexity index is 891. The van der Waals surface area contributed by atoms with E-state index in [-0.39, 0.29) is 17.9 Å². The van der Waals surface area contributed by atoms with E-state index < -0.39 is 0 Å². The van der Waals surface area contributed by atoms with Crippen LogP contribution in [0.25, 0.3) is 0 Å². The van der Waals surface area contributed by atoms with Gasteiger partial charge < -0.3 is 14.6 Å². The standard InChI is InChI=1S/C23H29N3O2S2/c1-26-10-9-24-21(26)20(15-3-7-19(28-2)8-4-15)25-22(27)16-13-17-5-6-18(14-16)23(17)29-11-12-30-23/h3-4,7-10,16-18,20H,5-6,11-14H2,1-2H3,(H,25,27). The second-order valence-corrected chi connectivity index (χ2v) is 11.7. The minimum Gasteiger partial charge on any atom is -0.497 e.